The molecule has 0 radical (unpaired) electrons. The summed E-state index contributed by atoms with van der Waals surface area (Å²) in [6.45, 7) is 6.47. The van der Waals surface area contributed by atoms with E-state index < -0.39 is 0 Å². The number of aryl methyl sites for hydroxylation is 2. The molecular weight excluding hydrogens is 170 g/mol. The summed E-state index contributed by atoms with van der Waals surface area (Å²) in [5.41, 5.74) is 10.2. The van der Waals surface area contributed by atoms with Gasteiger partial charge in [0.25, 0.3) is 0 Å². The highest BCUT2D eigenvalue weighted by atomic mass is 14.7. The topological polar surface area (TPSA) is 26.0 Å². The SMILES string of the molecule is Cc1ccc(C2CC2C(C)N)c(C)c1. The fourth-order valence-electron chi connectivity index (χ4n) is 2.39. The van der Waals surface area contributed by atoms with Crippen LogP contribution in [-0.2, 0) is 0 Å². The minimum atomic E-state index is 0.348. The molecule has 1 nitrogen and oxygen atoms in total. The van der Waals surface area contributed by atoms with Crippen molar-refractivity contribution in [3.63, 3.8) is 0 Å². The molecule has 3 atom stereocenters. The van der Waals surface area contributed by atoms with E-state index in [1.165, 1.54) is 23.1 Å². The largest absolute Gasteiger partial charge is 0.328 e. The Labute approximate surface area is 86.3 Å². The second-order valence-electron chi connectivity index (χ2n) is 4.73. The monoisotopic (exact) mass is 189 g/mol. The zero-order valence-electron chi connectivity index (χ0n) is 9.25. The summed E-state index contributed by atoms with van der Waals surface area (Å²) in [6.07, 6.45) is 1.28. The lowest BCUT2D eigenvalue weighted by Gasteiger charge is -2.08. The molecule has 2 N–H and O–H groups in total. The fourth-order valence-corrected chi connectivity index (χ4v) is 2.39. The van der Waals surface area contributed by atoms with Gasteiger partial charge in [0.15, 0.2) is 0 Å². The summed E-state index contributed by atoms with van der Waals surface area (Å²) in [5, 5.41) is 0. The van der Waals surface area contributed by atoms with Gasteiger partial charge in [0.2, 0.25) is 0 Å². The molecule has 1 aliphatic rings. The van der Waals surface area contributed by atoms with Crippen LogP contribution in [0, 0.1) is 19.8 Å². The predicted octanol–water partition coefficient (Wildman–Crippen LogP) is 2.75. The van der Waals surface area contributed by atoms with Gasteiger partial charge in [-0.2, -0.15) is 0 Å². The molecular formula is C13H19N. The molecule has 1 heteroatoms. The first-order valence-electron chi connectivity index (χ1n) is 5.42. The Kier molecular flexibility index (Phi) is 2.36. The van der Waals surface area contributed by atoms with E-state index >= 15 is 0 Å². The van der Waals surface area contributed by atoms with Gasteiger partial charge in [-0.05, 0) is 50.2 Å². The molecule has 0 bridgehead atoms. The third kappa shape index (κ3) is 1.69. The Morgan fingerprint density at radius 1 is 1.36 bits per heavy atom. The molecule has 1 aromatic carbocycles. The normalized spacial score (nSPS) is 27.4. The van der Waals surface area contributed by atoms with Crippen LogP contribution in [0.25, 0.3) is 0 Å². The third-order valence-corrected chi connectivity index (χ3v) is 3.34. The van der Waals surface area contributed by atoms with Gasteiger partial charge in [-0.1, -0.05) is 23.8 Å². The molecule has 0 amide bonds. The summed E-state index contributed by atoms with van der Waals surface area (Å²) in [6, 6.07) is 7.10. The smallest absolute Gasteiger partial charge is 0.00448 e. The van der Waals surface area contributed by atoms with E-state index in [0.717, 1.165) is 11.8 Å². The zero-order chi connectivity index (χ0) is 10.3. The summed E-state index contributed by atoms with van der Waals surface area (Å²) in [7, 11) is 0. The minimum absolute atomic E-state index is 0.348. The lowest BCUT2D eigenvalue weighted by Crippen LogP contribution is -2.18. The Balaban J connectivity index is 2.19. The molecule has 1 aromatic rings. The highest BCUT2D eigenvalue weighted by Crippen LogP contribution is 2.49. The summed E-state index contributed by atoms with van der Waals surface area (Å²) in [4.78, 5) is 0. The minimum Gasteiger partial charge on any atom is -0.328 e. The predicted molar refractivity (Wildman–Crippen MR) is 60.4 cm³/mol. The average Bonchev–Trinajstić information content (AvgIpc) is 2.83. The van der Waals surface area contributed by atoms with Gasteiger partial charge >= 0.3 is 0 Å². The maximum Gasteiger partial charge on any atom is 0.00448 e. The van der Waals surface area contributed by atoms with Crippen molar-refractivity contribution in [2.24, 2.45) is 11.7 Å². The van der Waals surface area contributed by atoms with Crippen LogP contribution in [-0.4, -0.2) is 6.04 Å². The first-order valence-corrected chi connectivity index (χ1v) is 5.42. The lowest BCUT2D eigenvalue weighted by atomic mass is 9.99. The van der Waals surface area contributed by atoms with Gasteiger partial charge in [0.05, 0.1) is 0 Å². The molecule has 1 saturated carbocycles. The van der Waals surface area contributed by atoms with Crippen molar-refractivity contribution in [2.75, 3.05) is 0 Å². The molecule has 76 valence electrons. The Morgan fingerprint density at radius 3 is 2.57 bits per heavy atom. The van der Waals surface area contributed by atoms with E-state index in [2.05, 4.69) is 39.0 Å². The van der Waals surface area contributed by atoms with Crippen LogP contribution in [0.4, 0.5) is 0 Å². The molecule has 0 heterocycles. The molecule has 2 rings (SSSR count). The van der Waals surface area contributed by atoms with Crippen LogP contribution in [0.2, 0.25) is 0 Å². The molecule has 1 aliphatic carbocycles. The van der Waals surface area contributed by atoms with Gasteiger partial charge < -0.3 is 5.73 Å². The van der Waals surface area contributed by atoms with Crippen LogP contribution in [0.5, 0.6) is 0 Å². The van der Waals surface area contributed by atoms with Crippen molar-refractivity contribution in [3.8, 4) is 0 Å². The fraction of sp³-hybridized carbons (Fsp3) is 0.538. The van der Waals surface area contributed by atoms with E-state index in [0.29, 0.717) is 6.04 Å². The van der Waals surface area contributed by atoms with Crippen molar-refractivity contribution in [2.45, 2.75) is 39.2 Å². The number of rotatable bonds is 2. The van der Waals surface area contributed by atoms with Gasteiger partial charge in [-0.25, -0.2) is 0 Å². The summed E-state index contributed by atoms with van der Waals surface area (Å²) in [5.74, 6) is 1.45. The van der Waals surface area contributed by atoms with Crippen LogP contribution in [0.1, 0.15) is 36.0 Å². The second-order valence-corrected chi connectivity index (χ2v) is 4.73. The molecule has 0 aromatic heterocycles. The molecule has 3 unspecified atom stereocenters. The van der Waals surface area contributed by atoms with E-state index in [1.54, 1.807) is 0 Å². The first kappa shape index (κ1) is 9.72. The number of hydrogen-bond acceptors (Lipinski definition) is 1. The van der Waals surface area contributed by atoms with Crippen molar-refractivity contribution in [1.82, 2.24) is 0 Å². The molecule has 0 saturated heterocycles. The Morgan fingerprint density at radius 2 is 2.07 bits per heavy atom. The van der Waals surface area contributed by atoms with Crippen molar-refractivity contribution in [3.05, 3.63) is 34.9 Å². The maximum atomic E-state index is 5.91. The molecule has 0 spiro atoms. The van der Waals surface area contributed by atoms with E-state index in [-0.39, 0.29) is 0 Å². The van der Waals surface area contributed by atoms with E-state index in [4.69, 9.17) is 5.73 Å². The molecule has 0 aliphatic heterocycles. The zero-order valence-corrected chi connectivity index (χ0v) is 9.25. The van der Waals surface area contributed by atoms with Crippen LogP contribution < -0.4 is 5.73 Å². The Bertz CT molecular complexity index is 341. The van der Waals surface area contributed by atoms with Crippen LogP contribution in [0.3, 0.4) is 0 Å². The first-order chi connectivity index (χ1) is 6.59. The van der Waals surface area contributed by atoms with E-state index in [9.17, 15) is 0 Å². The second kappa shape index (κ2) is 3.39. The van der Waals surface area contributed by atoms with Gasteiger partial charge in [-0.15, -0.1) is 0 Å². The van der Waals surface area contributed by atoms with E-state index in [1.807, 2.05) is 0 Å². The Hall–Kier alpha value is -0.820. The molecule has 14 heavy (non-hydrogen) atoms. The van der Waals surface area contributed by atoms with Crippen LogP contribution in [0.15, 0.2) is 18.2 Å². The highest BCUT2D eigenvalue weighted by Gasteiger charge is 2.41. The van der Waals surface area contributed by atoms with Crippen LogP contribution >= 0.6 is 0 Å². The van der Waals surface area contributed by atoms with Crippen molar-refractivity contribution >= 4 is 0 Å². The number of benzene rings is 1. The van der Waals surface area contributed by atoms with Gasteiger partial charge in [0, 0.05) is 6.04 Å². The van der Waals surface area contributed by atoms with Gasteiger partial charge in [-0.3, -0.25) is 0 Å². The van der Waals surface area contributed by atoms with Crippen molar-refractivity contribution in [1.29, 1.82) is 0 Å². The number of nitrogens with two attached hydrogens (primary N) is 1. The number of hydrogen-bond donors (Lipinski definition) is 1. The molecule has 1 fully saturated rings. The van der Waals surface area contributed by atoms with Gasteiger partial charge in [0.1, 0.15) is 0 Å². The maximum absolute atomic E-state index is 5.91. The third-order valence-electron chi connectivity index (χ3n) is 3.34. The highest BCUT2D eigenvalue weighted by molar-refractivity contribution is 5.36. The summed E-state index contributed by atoms with van der Waals surface area (Å²) >= 11 is 0. The summed E-state index contributed by atoms with van der Waals surface area (Å²) < 4.78 is 0. The van der Waals surface area contributed by atoms with Crippen molar-refractivity contribution < 1.29 is 0 Å². The average molecular weight is 189 g/mol. The quantitative estimate of drug-likeness (QED) is 0.760. The standard InChI is InChI=1S/C13H19N/c1-8-4-5-11(9(2)6-8)13-7-12(13)10(3)14/h4-6,10,12-13H,7,14H2,1-3H3. The lowest BCUT2D eigenvalue weighted by molar-refractivity contribution is 0.631.